The smallest absolute Gasteiger partial charge is 0.144 e. The maximum absolute atomic E-state index is 6.64. The molecule has 0 aliphatic carbocycles. The fourth-order valence-corrected chi connectivity index (χ4v) is 6.24. The van der Waals surface area contributed by atoms with E-state index in [1.54, 1.807) is 0 Å². The SMILES string of the molecule is N[C@H](Cc1ccccc1)c1ccc(-n2c3ccccc3c3c4c5ccccc5oc4c4ccccc4c32)cc1. The van der Waals surface area contributed by atoms with Crippen LogP contribution >= 0.6 is 0 Å². The van der Waals surface area contributed by atoms with Crippen LogP contribution in [-0.4, -0.2) is 4.57 Å². The molecule has 0 saturated carbocycles. The van der Waals surface area contributed by atoms with Gasteiger partial charge in [0, 0.05) is 44.0 Å². The van der Waals surface area contributed by atoms with Gasteiger partial charge in [-0.15, -0.1) is 0 Å². The van der Waals surface area contributed by atoms with Crippen LogP contribution in [0.1, 0.15) is 17.2 Å². The molecule has 3 heteroatoms. The van der Waals surface area contributed by atoms with Crippen molar-refractivity contribution in [1.82, 2.24) is 4.57 Å². The van der Waals surface area contributed by atoms with E-state index < -0.39 is 0 Å². The molecule has 0 unspecified atom stereocenters. The molecule has 0 fully saturated rings. The predicted octanol–water partition coefficient (Wildman–Crippen LogP) is 9.08. The van der Waals surface area contributed by atoms with Gasteiger partial charge in [-0.3, -0.25) is 0 Å². The van der Waals surface area contributed by atoms with E-state index in [4.69, 9.17) is 10.2 Å². The summed E-state index contributed by atoms with van der Waals surface area (Å²) >= 11 is 0. The summed E-state index contributed by atoms with van der Waals surface area (Å²) in [7, 11) is 0. The molecule has 0 saturated heterocycles. The van der Waals surface area contributed by atoms with Gasteiger partial charge in [-0.25, -0.2) is 0 Å². The number of nitrogens with zero attached hydrogens (tertiary/aromatic N) is 1. The first-order valence-corrected chi connectivity index (χ1v) is 13.4. The zero-order valence-electron chi connectivity index (χ0n) is 21.3. The zero-order valence-corrected chi connectivity index (χ0v) is 21.3. The Labute approximate surface area is 225 Å². The van der Waals surface area contributed by atoms with Crippen LogP contribution in [0.5, 0.6) is 0 Å². The number of hydrogen-bond acceptors (Lipinski definition) is 2. The number of benzene rings is 6. The van der Waals surface area contributed by atoms with Gasteiger partial charge in [0.25, 0.3) is 0 Å². The number of rotatable bonds is 4. The number of para-hydroxylation sites is 2. The van der Waals surface area contributed by atoms with E-state index in [-0.39, 0.29) is 6.04 Å². The third kappa shape index (κ3) is 3.34. The summed E-state index contributed by atoms with van der Waals surface area (Å²) in [6, 6.07) is 44.8. The van der Waals surface area contributed by atoms with Crippen molar-refractivity contribution in [2.75, 3.05) is 0 Å². The Morgan fingerprint density at radius 1 is 0.590 bits per heavy atom. The minimum absolute atomic E-state index is 0.0580. The molecule has 1 atom stereocenters. The van der Waals surface area contributed by atoms with E-state index >= 15 is 0 Å². The highest BCUT2D eigenvalue weighted by Gasteiger charge is 2.22. The molecule has 0 bridgehead atoms. The summed E-state index contributed by atoms with van der Waals surface area (Å²) in [4.78, 5) is 0. The minimum atomic E-state index is -0.0580. The fourth-order valence-electron chi connectivity index (χ4n) is 6.24. The molecule has 2 heterocycles. The van der Waals surface area contributed by atoms with Crippen LogP contribution in [0.4, 0.5) is 0 Å². The molecule has 186 valence electrons. The van der Waals surface area contributed by atoms with Crippen molar-refractivity contribution in [3.05, 3.63) is 139 Å². The summed E-state index contributed by atoms with van der Waals surface area (Å²) in [6.45, 7) is 0. The summed E-state index contributed by atoms with van der Waals surface area (Å²) in [5.41, 5.74) is 14.4. The van der Waals surface area contributed by atoms with Crippen LogP contribution < -0.4 is 5.73 Å². The summed E-state index contributed by atoms with van der Waals surface area (Å²) in [5.74, 6) is 0. The van der Waals surface area contributed by atoms with E-state index in [0.717, 1.165) is 39.6 Å². The zero-order chi connectivity index (χ0) is 25.9. The normalized spacial score (nSPS) is 12.7. The van der Waals surface area contributed by atoms with Gasteiger partial charge in [0.1, 0.15) is 11.2 Å². The van der Waals surface area contributed by atoms with Gasteiger partial charge >= 0.3 is 0 Å². The topological polar surface area (TPSA) is 44.1 Å². The molecule has 6 aromatic carbocycles. The molecule has 3 nitrogen and oxygen atoms in total. The minimum Gasteiger partial charge on any atom is -0.455 e. The number of furan rings is 1. The van der Waals surface area contributed by atoms with Gasteiger partial charge in [-0.2, -0.15) is 0 Å². The van der Waals surface area contributed by atoms with E-state index in [1.807, 2.05) is 12.1 Å². The van der Waals surface area contributed by atoms with Gasteiger partial charge in [0.15, 0.2) is 0 Å². The predicted molar refractivity (Wildman–Crippen MR) is 163 cm³/mol. The molecule has 2 N–H and O–H groups in total. The lowest BCUT2D eigenvalue weighted by atomic mass is 9.99. The first-order chi connectivity index (χ1) is 19.3. The molecule has 8 rings (SSSR count). The maximum Gasteiger partial charge on any atom is 0.144 e. The molecule has 2 aromatic heterocycles. The molecule has 0 spiro atoms. The molecular formula is C36H26N2O. The van der Waals surface area contributed by atoms with E-state index in [0.29, 0.717) is 0 Å². The third-order valence-corrected chi connectivity index (χ3v) is 8.02. The van der Waals surface area contributed by atoms with Gasteiger partial charge in [-0.05, 0) is 41.8 Å². The second-order valence-electron chi connectivity index (χ2n) is 10.3. The van der Waals surface area contributed by atoms with Gasteiger partial charge in [0.2, 0.25) is 0 Å². The monoisotopic (exact) mass is 502 g/mol. The average Bonchev–Trinajstić information content (AvgIpc) is 3.54. The van der Waals surface area contributed by atoms with E-state index in [1.165, 1.54) is 38.1 Å². The molecular weight excluding hydrogens is 476 g/mol. The molecule has 39 heavy (non-hydrogen) atoms. The quantitative estimate of drug-likeness (QED) is 0.261. The first-order valence-electron chi connectivity index (χ1n) is 13.4. The van der Waals surface area contributed by atoms with Crippen LogP contribution in [-0.2, 0) is 6.42 Å². The fraction of sp³-hybridized carbons (Fsp3) is 0.0556. The highest BCUT2D eigenvalue weighted by molar-refractivity contribution is 6.35. The van der Waals surface area contributed by atoms with Gasteiger partial charge in [0.05, 0.1) is 11.0 Å². The number of aromatic nitrogens is 1. The second-order valence-corrected chi connectivity index (χ2v) is 10.3. The van der Waals surface area contributed by atoms with Crippen molar-refractivity contribution in [3.8, 4) is 5.69 Å². The number of hydrogen-bond donors (Lipinski definition) is 1. The Hall–Kier alpha value is -4.86. The lowest BCUT2D eigenvalue weighted by Gasteiger charge is -2.15. The summed E-state index contributed by atoms with van der Waals surface area (Å²) < 4.78 is 8.91. The van der Waals surface area contributed by atoms with E-state index in [9.17, 15) is 0 Å². The van der Waals surface area contributed by atoms with Crippen molar-refractivity contribution in [2.24, 2.45) is 5.73 Å². The standard InChI is InChI=1S/C36H26N2O/c37-30(22-23-10-2-1-3-11-23)24-18-20-25(21-19-24)38-31-16-8-6-14-28(31)33-34-29-15-7-9-17-32(29)39-36(34)27-13-5-4-12-26(27)35(33)38/h1-21,30H,22,37H2/t30-/m1/s1. The van der Waals surface area contributed by atoms with Crippen molar-refractivity contribution in [3.63, 3.8) is 0 Å². The van der Waals surface area contributed by atoms with Crippen molar-refractivity contribution in [2.45, 2.75) is 12.5 Å². The molecule has 8 aromatic rings. The maximum atomic E-state index is 6.64. The van der Waals surface area contributed by atoms with Crippen LogP contribution in [0.15, 0.2) is 132 Å². The van der Waals surface area contributed by atoms with Crippen LogP contribution in [0, 0.1) is 0 Å². The number of nitrogens with two attached hydrogens (primary N) is 1. The summed E-state index contributed by atoms with van der Waals surface area (Å²) in [5, 5.41) is 7.08. The Balaban J connectivity index is 1.41. The van der Waals surface area contributed by atoms with Crippen molar-refractivity contribution >= 4 is 54.5 Å². The third-order valence-electron chi connectivity index (χ3n) is 8.02. The molecule has 0 aliphatic heterocycles. The Morgan fingerprint density at radius 3 is 2.03 bits per heavy atom. The second kappa shape index (κ2) is 8.59. The van der Waals surface area contributed by atoms with Crippen LogP contribution in [0.25, 0.3) is 60.2 Å². The Bertz CT molecular complexity index is 2150. The molecule has 0 amide bonds. The number of fused-ring (bicyclic) bond motifs is 10. The Kier molecular flexibility index (Phi) is 4.88. The molecule has 0 radical (unpaired) electrons. The Morgan fingerprint density at radius 2 is 1.23 bits per heavy atom. The lowest BCUT2D eigenvalue weighted by molar-refractivity contribution is 0.673. The molecule has 0 aliphatic rings. The van der Waals surface area contributed by atoms with E-state index in [2.05, 4.69) is 120 Å². The highest BCUT2D eigenvalue weighted by Crippen LogP contribution is 2.45. The highest BCUT2D eigenvalue weighted by atomic mass is 16.3. The summed E-state index contributed by atoms with van der Waals surface area (Å²) in [6.07, 6.45) is 0.811. The lowest BCUT2D eigenvalue weighted by Crippen LogP contribution is -2.13. The van der Waals surface area contributed by atoms with Crippen molar-refractivity contribution < 1.29 is 4.42 Å². The van der Waals surface area contributed by atoms with Gasteiger partial charge in [-0.1, -0.05) is 103 Å². The van der Waals surface area contributed by atoms with Crippen molar-refractivity contribution in [1.29, 1.82) is 0 Å². The first kappa shape index (κ1) is 22.2. The van der Waals surface area contributed by atoms with Crippen LogP contribution in [0.3, 0.4) is 0 Å². The largest absolute Gasteiger partial charge is 0.455 e. The average molecular weight is 503 g/mol. The van der Waals surface area contributed by atoms with Gasteiger partial charge < -0.3 is 14.7 Å². The van der Waals surface area contributed by atoms with Crippen LogP contribution in [0.2, 0.25) is 0 Å².